The van der Waals surface area contributed by atoms with E-state index in [2.05, 4.69) is 47.9 Å². The summed E-state index contributed by atoms with van der Waals surface area (Å²) in [5.74, 6) is 0.775. The normalized spacial score (nSPS) is 21.2. The summed E-state index contributed by atoms with van der Waals surface area (Å²) in [6.07, 6.45) is 6.59. The zero-order valence-corrected chi connectivity index (χ0v) is 16.2. The summed E-state index contributed by atoms with van der Waals surface area (Å²) in [6.45, 7) is 7.83. The van der Waals surface area contributed by atoms with Gasteiger partial charge in [-0.05, 0) is 52.4 Å². The van der Waals surface area contributed by atoms with Crippen molar-refractivity contribution in [1.29, 1.82) is 0 Å². The molecule has 0 spiro atoms. The zero-order chi connectivity index (χ0) is 17.7. The van der Waals surface area contributed by atoms with E-state index in [1.807, 2.05) is 30.1 Å². The van der Waals surface area contributed by atoms with Crippen molar-refractivity contribution in [3.8, 4) is 11.3 Å². The second kappa shape index (κ2) is 8.28. The summed E-state index contributed by atoms with van der Waals surface area (Å²) in [6, 6.07) is 11.3. The lowest BCUT2D eigenvalue weighted by molar-refractivity contribution is 0.335. The Hall–Kier alpha value is -1.46. The first-order valence-electron chi connectivity index (χ1n) is 9.18. The van der Waals surface area contributed by atoms with Crippen LogP contribution in [0.5, 0.6) is 0 Å². The Balaban J connectivity index is 1.43. The van der Waals surface area contributed by atoms with Crippen molar-refractivity contribution in [3.05, 3.63) is 36.6 Å². The SMILES string of the molecule is CC(C)(C)SNC[C@H]1CC[C@H](Nc2nc(-c3ccccc3)co2)CC1. The van der Waals surface area contributed by atoms with E-state index in [1.54, 1.807) is 6.26 Å². The molecular formula is C20H29N3OS. The summed E-state index contributed by atoms with van der Waals surface area (Å²) in [5, 5.41) is 3.47. The summed E-state index contributed by atoms with van der Waals surface area (Å²) in [5.41, 5.74) is 1.98. The van der Waals surface area contributed by atoms with E-state index >= 15 is 0 Å². The van der Waals surface area contributed by atoms with Crippen LogP contribution in [0.15, 0.2) is 41.0 Å². The molecular weight excluding hydrogens is 330 g/mol. The third-order valence-corrected chi connectivity index (χ3v) is 5.42. The number of rotatable bonds is 6. The second-order valence-corrected chi connectivity index (χ2v) is 9.55. The number of anilines is 1. The molecule has 0 radical (unpaired) electrons. The fourth-order valence-corrected chi connectivity index (χ4v) is 3.90. The second-order valence-electron chi connectivity index (χ2n) is 7.83. The Morgan fingerprint density at radius 2 is 1.84 bits per heavy atom. The van der Waals surface area contributed by atoms with Crippen LogP contribution in [0, 0.1) is 5.92 Å². The Labute approximate surface area is 155 Å². The van der Waals surface area contributed by atoms with Gasteiger partial charge in [0.15, 0.2) is 0 Å². The molecule has 4 nitrogen and oxygen atoms in total. The van der Waals surface area contributed by atoms with E-state index in [1.165, 1.54) is 25.7 Å². The fraction of sp³-hybridized carbons (Fsp3) is 0.550. The smallest absolute Gasteiger partial charge is 0.295 e. The van der Waals surface area contributed by atoms with Crippen molar-refractivity contribution in [2.45, 2.75) is 57.2 Å². The standard InChI is InChI=1S/C20H29N3OS/c1-20(2,3)25-21-13-15-9-11-17(12-10-15)22-19-23-18(14-24-19)16-7-5-4-6-8-16/h4-8,14-15,17,21H,9-13H2,1-3H3,(H,22,23)/t15-,17-. The summed E-state index contributed by atoms with van der Waals surface area (Å²) < 4.78 is 9.44. The quantitative estimate of drug-likeness (QED) is 0.681. The molecule has 1 saturated carbocycles. The zero-order valence-electron chi connectivity index (χ0n) is 15.4. The number of hydrogen-bond donors (Lipinski definition) is 2. The molecule has 25 heavy (non-hydrogen) atoms. The van der Waals surface area contributed by atoms with Gasteiger partial charge in [-0.3, -0.25) is 4.72 Å². The third-order valence-electron chi connectivity index (χ3n) is 4.50. The van der Waals surface area contributed by atoms with Crippen molar-refractivity contribution in [1.82, 2.24) is 9.71 Å². The molecule has 1 aromatic heterocycles. The van der Waals surface area contributed by atoms with Crippen molar-refractivity contribution in [2.75, 3.05) is 11.9 Å². The Kier molecular flexibility index (Phi) is 6.07. The predicted octanol–water partition coefficient (Wildman–Crippen LogP) is 5.35. The lowest BCUT2D eigenvalue weighted by Crippen LogP contribution is -2.30. The fourth-order valence-electron chi connectivity index (χ4n) is 3.14. The van der Waals surface area contributed by atoms with Gasteiger partial charge in [-0.2, -0.15) is 4.98 Å². The van der Waals surface area contributed by atoms with Crippen LogP contribution in [0.1, 0.15) is 46.5 Å². The number of aromatic nitrogens is 1. The van der Waals surface area contributed by atoms with Crippen LogP contribution in [-0.4, -0.2) is 22.3 Å². The highest BCUT2D eigenvalue weighted by molar-refractivity contribution is 7.98. The minimum absolute atomic E-state index is 0.278. The largest absolute Gasteiger partial charge is 0.432 e. The van der Waals surface area contributed by atoms with Crippen LogP contribution < -0.4 is 10.0 Å². The lowest BCUT2D eigenvalue weighted by atomic mass is 9.86. The number of nitrogens with one attached hydrogen (secondary N) is 2. The highest BCUT2D eigenvalue weighted by atomic mass is 32.2. The molecule has 0 atom stereocenters. The van der Waals surface area contributed by atoms with Crippen molar-refractivity contribution in [3.63, 3.8) is 0 Å². The van der Waals surface area contributed by atoms with Crippen LogP contribution in [-0.2, 0) is 0 Å². The maximum Gasteiger partial charge on any atom is 0.295 e. The number of nitrogens with zero attached hydrogens (tertiary/aromatic N) is 1. The Morgan fingerprint density at radius 1 is 1.12 bits per heavy atom. The number of hydrogen-bond acceptors (Lipinski definition) is 5. The maximum atomic E-state index is 5.61. The molecule has 5 heteroatoms. The molecule has 136 valence electrons. The van der Waals surface area contributed by atoms with E-state index in [4.69, 9.17) is 4.42 Å². The van der Waals surface area contributed by atoms with Gasteiger partial charge in [0.05, 0.1) is 0 Å². The first kappa shape index (κ1) is 18.3. The molecule has 0 bridgehead atoms. The molecule has 2 N–H and O–H groups in total. The van der Waals surface area contributed by atoms with Gasteiger partial charge >= 0.3 is 0 Å². The Bertz CT molecular complexity index is 642. The van der Waals surface area contributed by atoms with Gasteiger partial charge in [-0.15, -0.1) is 0 Å². The minimum Gasteiger partial charge on any atom is -0.432 e. The van der Waals surface area contributed by atoms with Crippen LogP contribution in [0.25, 0.3) is 11.3 Å². The van der Waals surface area contributed by atoms with E-state index in [-0.39, 0.29) is 4.75 Å². The van der Waals surface area contributed by atoms with Gasteiger partial charge in [0.1, 0.15) is 12.0 Å². The maximum absolute atomic E-state index is 5.61. The highest BCUT2D eigenvalue weighted by Gasteiger charge is 2.23. The van der Waals surface area contributed by atoms with E-state index < -0.39 is 0 Å². The molecule has 1 heterocycles. The van der Waals surface area contributed by atoms with Crippen LogP contribution in [0.2, 0.25) is 0 Å². The van der Waals surface area contributed by atoms with Crippen LogP contribution in [0.3, 0.4) is 0 Å². The number of benzene rings is 1. The number of oxazole rings is 1. The average Bonchev–Trinajstić information content (AvgIpc) is 3.05. The first-order chi connectivity index (χ1) is 12.0. The van der Waals surface area contributed by atoms with Gasteiger partial charge in [0.25, 0.3) is 6.01 Å². The molecule has 0 saturated heterocycles. The molecule has 1 aromatic carbocycles. The summed E-state index contributed by atoms with van der Waals surface area (Å²) in [7, 11) is 0. The van der Waals surface area contributed by atoms with Gasteiger partial charge in [-0.1, -0.05) is 42.3 Å². The minimum atomic E-state index is 0.278. The van der Waals surface area contributed by atoms with Gasteiger partial charge in [0.2, 0.25) is 0 Å². The third kappa shape index (κ3) is 5.79. The van der Waals surface area contributed by atoms with Crippen molar-refractivity contribution < 1.29 is 4.42 Å². The average molecular weight is 360 g/mol. The molecule has 1 aliphatic carbocycles. The van der Waals surface area contributed by atoms with E-state index in [9.17, 15) is 0 Å². The van der Waals surface area contributed by atoms with E-state index in [0.717, 1.165) is 23.7 Å². The van der Waals surface area contributed by atoms with Gasteiger partial charge < -0.3 is 9.73 Å². The summed E-state index contributed by atoms with van der Waals surface area (Å²) >= 11 is 1.84. The van der Waals surface area contributed by atoms with Crippen molar-refractivity contribution in [2.24, 2.45) is 5.92 Å². The first-order valence-corrected chi connectivity index (χ1v) is 9.99. The summed E-state index contributed by atoms with van der Waals surface area (Å²) in [4.78, 5) is 4.58. The molecule has 1 fully saturated rings. The highest BCUT2D eigenvalue weighted by Crippen LogP contribution is 2.28. The molecule has 0 amide bonds. The molecule has 3 rings (SSSR count). The van der Waals surface area contributed by atoms with Gasteiger partial charge in [0, 0.05) is 22.9 Å². The van der Waals surface area contributed by atoms with Gasteiger partial charge in [-0.25, -0.2) is 0 Å². The molecule has 0 unspecified atom stereocenters. The molecule has 2 aromatic rings. The Morgan fingerprint density at radius 3 is 2.52 bits per heavy atom. The molecule has 0 aliphatic heterocycles. The topological polar surface area (TPSA) is 50.1 Å². The lowest BCUT2D eigenvalue weighted by Gasteiger charge is -2.29. The molecule has 1 aliphatic rings. The van der Waals surface area contributed by atoms with Crippen LogP contribution in [0.4, 0.5) is 6.01 Å². The van der Waals surface area contributed by atoms with Crippen molar-refractivity contribution >= 4 is 18.0 Å². The van der Waals surface area contributed by atoms with Crippen LogP contribution >= 0.6 is 11.9 Å². The predicted molar refractivity (Wildman–Crippen MR) is 107 cm³/mol. The monoisotopic (exact) mass is 359 g/mol. The van der Waals surface area contributed by atoms with E-state index in [0.29, 0.717) is 12.1 Å².